The number of hydrogen-bond acceptors (Lipinski definition) is 0. The van der Waals surface area contributed by atoms with Gasteiger partial charge in [0.2, 0.25) is 0 Å². The van der Waals surface area contributed by atoms with E-state index in [9.17, 15) is 0 Å². The molecule has 0 aromatic carbocycles. The maximum Gasteiger partial charge on any atom is -0.0326 e. The fourth-order valence-corrected chi connectivity index (χ4v) is 2.39. The van der Waals surface area contributed by atoms with Crippen LogP contribution >= 0.6 is 0 Å². The molecular formula is C11H22. The first-order chi connectivity index (χ1) is 5.20. The highest BCUT2D eigenvalue weighted by molar-refractivity contribution is 4.81. The molecule has 0 unspecified atom stereocenters. The van der Waals surface area contributed by atoms with Crippen LogP contribution in [-0.2, 0) is 0 Å². The quantitative estimate of drug-likeness (QED) is 0.564. The van der Waals surface area contributed by atoms with Crippen molar-refractivity contribution in [3.8, 4) is 0 Å². The van der Waals surface area contributed by atoms with Gasteiger partial charge in [-0.25, -0.2) is 0 Å². The van der Waals surface area contributed by atoms with Crippen LogP contribution in [0.25, 0.3) is 0 Å². The maximum atomic E-state index is 2.47. The highest BCUT2D eigenvalue weighted by Gasteiger charge is 2.29. The van der Waals surface area contributed by atoms with Crippen LogP contribution in [0.15, 0.2) is 0 Å². The van der Waals surface area contributed by atoms with Gasteiger partial charge in [-0.2, -0.15) is 0 Å². The van der Waals surface area contributed by atoms with Gasteiger partial charge in [-0.15, -0.1) is 0 Å². The third-order valence-corrected chi connectivity index (χ3v) is 3.61. The fraction of sp³-hybridized carbons (Fsp3) is 1.00. The molecule has 0 saturated heterocycles. The summed E-state index contributed by atoms with van der Waals surface area (Å²) >= 11 is 0. The monoisotopic (exact) mass is 154 g/mol. The van der Waals surface area contributed by atoms with Gasteiger partial charge in [0.05, 0.1) is 0 Å². The zero-order chi connectivity index (χ0) is 8.32. The van der Waals surface area contributed by atoms with Crippen molar-refractivity contribution >= 4 is 0 Å². The summed E-state index contributed by atoms with van der Waals surface area (Å²) in [5.41, 5.74) is 0.693. The van der Waals surface area contributed by atoms with Crippen LogP contribution in [0.3, 0.4) is 0 Å². The van der Waals surface area contributed by atoms with Gasteiger partial charge in [0, 0.05) is 0 Å². The van der Waals surface area contributed by atoms with Crippen molar-refractivity contribution in [1.82, 2.24) is 0 Å². The first-order valence-electron chi connectivity index (χ1n) is 5.20. The second kappa shape index (κ2) is 3.60. The van der Waals surface area contributed by atoms with Crippen LogP contribution in [0.1, 0.15) is 59.3 Å². The SMILES string of the molecule is CC[C@H]1CCC[C@](C)(CC)C1. The van der Waals surface area contributed by atoms with Gasteiger partial charge in [0.15, 0.2) is 0 Å². The summed E-state index contributed by atoms with van der Waals surface area (Å²) < 4.78 is 0. The average Bonchev–Trinajstić information content (AvgIpc) is 2.05. The van der Waals surface area contributed by atoms with Crippen LogP contribution in [0.4, 0.5) is 0 Å². The molecular weight excluding hydrogens is 132 g/mol. The molecule has 1 fully saturated rings. The molecule has 66 valence electrons. The minimum absolute atomic E-state index is 0.693. The van der Waals surface area contributed by atoms with Gasteiger partial charge in [-0.1, -0.05) is 46.5 Å². The Balaban J connectivity index is 2.44. The van der Waals surface area contributed by atoms with Crippen molar-refractivity contribution in [3.63, 3.8) is 0 Å². The Bertz CT molecular complexity index is 117. The third-order valence-electron chi connectivity index (χ3n) is 3.61. The molecule has 0 heterocycles. The molecule has 0 radical (unpaired) electrons. The molecule has 1 rings (SSSR count). The van der Waals surface area contributed by atoms with Crippen molar-refractivity contribution < 1.29 is 0 Å². The first-order valence-corrected chi connectivity index (χ1v) is 5.20. The fourth-order valence-electron chi connectivity index (χ4n) is 2.39. The molecule has 0 N–H and O–H groups in total. The zero-order valence-electron chi connectivity index (χ0n) is 8.32. The Kier molecular flexibility index (Phi) is 2.98. The topological polar surface area (TPSA) is 0 Å². The van der Waals surface area contributed by atoms with Crippen molar-refractivity contribution in [2.24, 2.45) is 11.3 Å². The highest BCUT2D eigenvalue weighted by atomic mass is 14.3. The molecule has 0 aromatic rings. The van der Waals surface area contributed by atoms with E-state index in [4.69, 9.17) is 0 Å². The van der Waals surface area contributed by atoms with Crippen LogP contribution < -0.4 is 0 Å². The van der Waals surface area contributed by atoms with E-state index in [1.165, 1.54) is 38.5 Å². The second-order valence-electron chi connectivity index (χ2n) is 4.53. The van der Waals surface area contributed by atoms with Gasteiger partial charge >= 0.3 is 0 Å². The molecule has 0 heteroatoms. The molecule has 1 saturated carbocycles. The van der Waals surface area contributed by atoms with Gasteiger partial charge < -0.3 is 0 Å². The molecule has 0 nitrogen and oxygen atoms in total. The highest BCUT2D eigenvalue weighted by Crippen LogP contribution is 2.42. The minimum Gasteiger partial charge on any atom is -0.0651 e. The summed E-state index contributed by atoms with van der Waals surface area (Å²) in [6.07, 6.45) is 8.70. The molecule has 2 atom stereocenters. The van der Waals surface area contributed by atoms with Crippen LogP contribution in [-0.4, -0.2) is 0 Å². The summed E-state index contributed by atoms with van der Waals surface area (Å²) in [5, 5.41) is 0. The summed E-state index contributed by atoms with van der Waals surface area (Å²) in [4.78, 5) is 0. The first kappa shape index (κ1) is 9.09. The van der Waals surface area contributed by atoms with Crippen molar-refractivity contribution in [3.05, 3.63) is 0 Å². The second-order valence-corrected chi connectivity index (χ2v) is 4.53. The molecule has 0 amide bonds. The summed E-state index contributed by atoms with van der Waals surface area (Å²) in [7, 11) is 0. The summed E-state index contributed by atoms with van der Waals surface area (Å²) in [6.45, 7) is 7.15. The van der Waals surface area contributed by atoms with E-state index in [1.54, 1.807) is 0 Å². The molecule has 0 spiro atoms. The lowest BCUT2D eigenvalue weighted by molar-refractivity contribution is 0.150. The normalized spacial score (nSPS) is 39.0. The van der Waals surface area contributed by atoms with Crippen molar-refractivity contribution in [2.45, 2.75) is 59.3 Å². The van der Waals surface area contributed by atoms with Gasteiger partial charge in [-0.05, 0) is 24.2 Å². The molecule has 11 heavy (non-hydrogen) atoms. The Morgan fingerprint density at radius 1 is 1.36 bits per heavy atom. The predicted octanol–water partition coefficient (Wildman–Crippen LogP) is 4.00. The summed E-state index contributed by atoms with van der Waals surface area (Å²) in [5.74, 6) is 1.04. The van der Waals surface area contributed by atoms with E-state index < -0.39 is 0 Å². The van der Waals surface area contributed by atoms with E-state index in [0.717, 1.165) is 5.92 Å². The van der Waals surface area contributed by atoms with E-state index >= 15 is 0 Å². The van der Waals surface area contributed by atoms with E-state index in [1.807, 2.05) is 0 Å². The Labute approximate surface area is 71.4 Å². The molecule has 1 aliphatic carbocycles. The van der Waals surface area contributed by atoms with Crippen molar-refractivity contribution in [1.29, 1.82) is 0 Å². The standard InChI is InChI=1S/C11H22/c1-4-10-7-6-8-11(3,5-2)9-10/h10H,4-9H2,1-3H3/t10-,11-/m0/s1. The molecule has 0 aliphatic heterocycles. The molecule has 0 aromatic heterocycles. The largest absolute Gasteiger partial charge is 0.0651 e. The smallest absolute Gasteiger partial charge is 0.0326 e. The zero-order valence-corrected chi connectivity index (χ0v) is 8.32. The molecule has 0 bridgehead atoms. The Morgan fingerprint density at radius 3 is 2.64 bits per heavy atom. The lowest BCUT2D eigenvalue weighted by Crippen LogP contribution is -2.24. The average molecular weight is 154 g/mol. The van der Waals surface area contributed by atoms with Gasteiger partial charge in [0.1, 0.15) is 0 Å². The minimum atomic E-state index is 0.693. The van der Waals surface area contributed by atoms with E-state index in [0.29, 0.717) is 5.41 Å². The number of hydrogen-bond donors (Lipinski definition) is 0. The molecule has 1 aliphatic rings. The van der Waals surface area contributed by atoms with Gasteiger partial charge in [0.25, 0.3) is 0 Å². The lowest BCUT2D eigenvalue weighted by atomic mass is 9.69. The van der Waals surface area contributed by atoms with Gasteiger partial charge in [-0.3, -0.25) is 0 Å². The van der Waals surface area contributed by atoms with Crippen molar-refractivity contribution in [2.75, 3.05) is 0 Å². The van der Waals surface area contributed by atoms with Crippen LogP contribution in [0, 0.1) is 11.3 Å². The third kappa shape index (κ3) is 2.21. The summed E-state index contributed by atoms with van der Waals surface area (Å²) in [6, 6.07) is 0. The Morgan fingerprint density at radius 2 is 2.09 bits per heavy atom. The van der Waals surface area contributed by atoms with Crippen LogP contribution in [0.2, 0.25) is 0 Å². The number of rotatable bonds is 2. The predicted molar refractivity (Wildman–Crippen MR) is 50.6 cm³/mol. The van der Waals surface area contributed by atoms with E-state index in [2.05, 4.69) is 20.8 Å². The maximum absolute atomic E-state index is 2.47. The van der Waals surface area contributed by atoms with Crippen LogP contribution in [0.5, 0.6) is 0 Å². The van der Waals surface area contributed by atoms with E-state index in [-0.39, 0.29) is 0 Å². The Hall–Kier alpha value is 0. The lowest BCUT2D eigenvalue weighted by Gasteiger charge is -2.37.